The van der Waals surface area contributed by atoms with Gasteiger partial charge >= 0.3 is 5.97 Å². The van der Waals surface area contributed by atoms with E-state index in [-0.39, 0.29) is 24.4 Å². The smallest absolute Gasteiger partial charge is 0.303 e. The van der Waals surface area contributed by atoms with E-state index in [2.05, 4.69) is 0 Å². The van der Waals surface area contributed by atoms with Crippen LogP contribution in [0.5, 0.6) is 0 Å². The molecule has 5 N–H and O–H groups in total. The van der Waals surface area contributed by atoms with Gasteiger partial charge in [-0.25, -0.2) is 0 Å². The van der Waals surface area contributed by atoms with Gasteiger partial charge in [0, 0.05) is 18.8 Å². The van der Waals surface area contributed by atoms with Crippen LogP contribution >= 0.6 is 0 Å². The molecule has 26 heavy (non-hydrogen) atoms. The molecule has 1 aliphatic rings. The third-order valence-corrected chi connectivity index (χ3v) is 5.27. The van der Waals surface area contributed by atoms with Gasteiger partial charge in [-0.1, -0.05) is 31.4 Å². The lowest BCUT2D eigenvalue weighted by atomic mass is 9.88. The second-order valence-corrected chi connectivity index (χ2v) is 7.69. The molecule has 6 heteroatoms. The van der Waals surface area contributed by atoms with E-state index in [0.29, 0.717) is 25.7 Å². The van der Waals surface area contributed by atoms with Gasteiger partial charge < -0.3 is 25.5 Å². The number of rotatable bonds is 13. The number of carbonyl (C=O) groups is 1. The van der Waals surface area contributed by atoms with Crippen molar-refractivity contribution in [3.05, 3.63) is 12.2 Å². The highest BCUT2D eigenvalue weighted by Gasteiger charge is 2.39. The Labute approximate surface area is 156 Å². The van der Waals surface area contributed by atoms with E-state index in [1.165, 1.54) is 0 Å². The number of aliphatic carboxylic acids is 1. The molecule has 0 aromatic heterocycles. The molecule has 1 saturated carbocycles. The summed E-state index contributed by atoms with van der Waals surface area (Å²) in [5.41, 5.74) is 0. The molecular formula is C20H36O6. The fourth-order valence-corrected chi connectivity index (χ4v) is 3.76. The van der Waals surface area contributed by atoms with Crippen molar-refractivity contribution < 1.29 is 30.3 Å². The molecule has 0 unspecified atom stereocenters. The van der Waals surface area contributed by atoms with Crippen LogP contribution in [0.25, 0.3) is 0 Å². The summed E-state index contributed by atoms with van der Waals surface area (Å²) in [4.78, 5) is 10.5. The molecule has 1 rings (SSSR count). The Balaban J connectivity index is 2.38. The highest BCUT2D eigenvalue weighted by atomic mass is 16.4. The number of carboxylic acid groups (broad SMARTS) is 1. The lowest BCUT2D eigenvalue weighted by Crippen LogP contribution is -2.21. The van der Waals surface area contributed by atoms with Crippen molar-refractivity contribution in [2.24, 2.45) is 11.8 Å². The molecule has 0 radical (unpaired) electrons. The molecule has 1 aliphatic carbocycles. The monoisotopic (exact) mass is 372 g/mol. The molecule has 0 aliphatic heterocycles. The van der Waals surface area contributed by atoms with E-state index in [4.69, 9.17) is 5.11 Å². The van der Waals surface area contributed by atoms with E-state index < -0.39 is 24.3 Å². The minimum Gasteiger partial charge on any atom is -0.481 e. The van der Waals surface area contributed by atoms with E-state index in [9.17, 15) is 25.2 Å². The van der Waals surface area contributed by atoms with Gasteiger partial charge in [0.1, 0.15) is 0 Å². The maximum atomic E-state index is 10.5. The number of unbranched alkanes of at least 4 members (excludes halogenated alkanes) is 3. The van der Waals surface area contributed by atoms with Crippen LogP contribution in [0.3, 0.4) is 0 Å². The first-order chi connectivity index (χ1) is 12.3. The third kappa shape index (κ3) is 9.12. The first-order valence-corrected chi connectivity index (χ1v) is 9.93. The zero-order valence-corrected chi connectivity index (χ0v) is 15.8. The van der Waals surface area contributed by atoms with Crippen molar-refractivity contribution >= 4 is 5.97 Å². The van der Waals surface area contributed by atoms with Crippen molar-refractivity contribution in [1.29, 1.82) is 0 Å². The number of hydrogen-bond donors (Lipinski definition) is 5. The second-order valence-electron chi connectivity index (χ2n) is 7.69. The quantitative estimate of drug-likeness (QED) is 0.250. The van der Waals surface area contributed by atoms with Gasteiger partial charge in [0.25, 0.3) is 0 Å². The van der Waals surface area contributed by atoms with Crippen molar-refractivity contribution in [2.45, 2.75) is 95.5 Å². The summed E-state index contributed by atoms with van der Waals surface area (Å²) in [5.74, 6) is -0.947. The molecule has 0 amide bonds. The van der Waals surface area contributed by atoms with Crippen LogP contribution in [0.4, 0.5) is 0 Å². The van der Waals surface area contributed by atoms with Crippen LogP contribution in [-0.4, -0.2) is 55.9 Å². The Hall–Kier alpha value is -0.950. The Bertz CT molecular complexity index is 423. The van der Waals surface area contributed by atoms with Gasteiger partial charge in [0.2, 0.25) is 0 Å². The fourth-order valence-electron chi connectivity index (χ4n) is 3.76. The minimum atomic E-state index is -0.767. The fraction of sp³-hybridized carbons (Fsp3) is 0.850. The number of carboxylic acids is 1. The summed E-state index contributed by atoms with van der Waals surface area (Å²) < 4.78 is 0. The predicted molar refractivity (Wildman–Crippen MR) is 99.6 cm³/mol. The number of hydrogen-bond acceptors (Lipinski definition) is 5. The standard InChI is InChI=1S/C20H36O6/c1-14(21)7-6-8-15(22)11-12-17-16(18(23)13-19(17)24)9-4-2-3-5-10-20(25)26/h11-12,14-19,21-24H,2-10,13H2,1H3,(H,25,26)/b12-11+/t14-,15-,16-,17-,18-,19-/m1/s1. The lowest BCUT2D eigenvalue weighted by molar-refractivity contribution is -0.137. The average Bonchev–Trinajstić information content (AvgIpc) is 2.81. The zero-order valence-electron chi connectivity index (χ0n) is 15.8. The highest BCUT2D eigenvalue weighted by Crippen LogP contribution is 2.37. The topological polar surface area (TPSA) is 118 Å². The first kappa shape index (κ1) is 23.1. The number of aliphatic hydroxyl groups excluding tert-OH is 4. The van der Waals surface area contributed by atoms with E-state index in [1.807, 2.05) is 6.08 Å². The molecule has 6 nitrogen and oxygen atoms in total. The van der Waals surface area contributed by atoms with Crippen LogP contribution < -0.4 is 0 Å². The Kier molecular flexibility index (Phi) is 11.0. The van der Waals surface area contributed by atoms with Gasteiger partial charge in [0.05, 0.1) is 24.4 Å². The maximum Gasteiger partial charge on any atom is 0.303 e. The third-order valence-electron chi connectivity index (χ3n) is 5.27. The van der Waals surface area contributed by atoms with Crippen molar-refractivity contribution in [3.8, 4) is 0 Å². The summed E-state index contributed by atoms with van der Waals surface area (Å²) in [7, 11) is 0. The summed E-state index contributed by atoms with van der Waals surface area (Å²) in [6.07, 6.45) is 8.10. The van der Waals surface area contributed by atoms with Crippen LogP contribution in [0.15, 0.2) is 12.2 Å². The molecule has 0 spiro atoms. The Morgan fingerprint density at radius 2 is 1.73 bits per heavy atom. The summed E-state index contributed by atoms with van der Waals surface area (Å²) >= 11 is 0. The molecule has 152 valence electrons. The van der Waals surface area contributed by atoms with Crippen LogP contribution in [0.2, 0.25) is 0 Å². The molecular weight excluding hydrogens is 336 g/mol. The van der Waals surface area contributed by atoms with Gasteiger partial charge in [-0.15, -0.1) is 0 Å². The summed E-state index contributed by atoms with van der Waals surface area (Å²) in [5, 5.41) is 48.3. The van der Waals surface area contributed by atoms with Gasteiger partial charge in [0.15, 0.2) is 0 Å². The largest absolute Gasteiger partial charge is 0.481 e. The lowest BCUT2D eigenvalue weighted by Gasteiger charge is -2.21. The molecule has 0 bridgehead atoms. The van der Waals surface area contributed by atoms with E-state index >= 15 is 0 Å². The van der Waals surface area contributed by atoms with Crippen molar-refractivity contribution in [1.82, 2.24) is 0 Å². The van der Waals surface area contributed by atoms with E-state index in [1.54, 1.807) is 13.0 Å². The average molecular weight is 373 g/mol. The van der Waals surface area contributed by atoms with Crippen molar-refractivity contribution in [3.63, 3.8) is 0 Å². The summed E-state index contributed by atoms with van der Waals surface area (Å²) in [6.45, 7) is 1.73. The minimum absolute atomic E-state index is 0.0228. The maximum absolute atomic E-state index is 10.5. The van der Waals surface area contributed by atoms with Gasteiger partial charge in [-0.3, -0.25) is 4.79 Å². The highest BCUT2D eigenvalue weighted by molar-refractivity contribution is 5.66. The van der Waals surface area contributed by atoms with Crippen LogP contribution in [0.1, 0.15) is 71.1 Å². The Morgan fingerprint density at radius 3 is 2.38 bits per heavy atom. The predicted octanol–water partition coefficient (Wildman–Crippen LogP) is 2.24. The summed E-state index contributed by atoms with van der Waals surface area (Å²) in [6, 6.07) is 0. The van der Waals surface area contributed by atoms with E-state index in [0.717, 1.165) is 32.1 Å². The number of aliphatic hydroxyl groups is 4. The SMILES string of the molecule is C[C@@H](O)CCC[C@@H](O)/C=C/[C@@H]1[C@@H](CCCCCCC(=O)O)[C@H](O)C[C@H]1O. The molecule has 1 fully saturated rings. The van der Waals surface area contributed by atoms with Gasteiger partial charge in [-0.05, 0) is 44.9 Å². The molecule has 6 atom stereocenters. The second kappa shape index (κ2) is 12.4. The molecule has 0 heterocycles. The molecule has 0 saturated heterocycles. The molecule has 0 aromatic carbocycles. The normalized spacial score (nSPS) is 28.5. The first-order valence-electron chi connectivity index (χ1n) is 9.93. The zero-order chi connectivity index (χ0) is 19.5. The van der Waals surface area contributed by atoms with Crippen LogP contribution in [-0.2, 0) is 4.79 Å². The van der Waals surface area contributed by atoms with Crippen molar-refractivity contribution in [2.75, 3.05) is 0 Å². The molecule has 0 aromatic rings. The van der Waals surface area contributed by atoms with Crippen LogP contribution in [0, 0.1) is 11.8 Å². The Morgan fingerprint density at radius 1 is 1.04 bits per heavy atom. The van der Waals surface area contributed by atoms with Gasteiger partial charge in [-0.2, -0.15) is 0 Å².